The van der Waals surface area contributed by atoms with Crippen LogP contribution in [0.3, 0.4) is 0 Å². The van der Waals surface area contributed by atoms with Gasteiger partial charge in [0.25, 0.3) is 0 Å². The van der Waals surface area contributed by atoms with Crippen molar-refractivity contribution in [2.45, 2.75) is 65.6 Å². The van der Waals surface area contributed by atoms with Crippen LogP contribution in [0.25, 0.3) is 0 Å². The van der Waals surface area contributed by atoms with Crippen molar-refractivity contribution in [3.8, 4) is 0 Å². The molecule has 178 valence electrons. The van der Waals surface area contributed by atoms with Crippen molar-refractivity contribution >= 4 is 11.8 Å². The first-order valence-electron chi connectivity index (χ1n) is 12.1. The summed E-state index contributed by atoms with van der Waals surface area (Å²) in [4.78, 5) is 29.1. The Morgan fingerprint density at radius 1 is 0.824 bits per heavy atom. The van der Waals surface area contributed by atoms with Gasteiger partial charge in [-0.2, -0.15) is 0 Å². The van der Waals surface area contributed by atoms with Gasteiger partial charge in [0.05, 0.1) is 6.42 Å². The second-order valence-corrected chi connectivity index (χ2v) is 9.07. The van der Waals surface area contributed by atoms with E-state index >= 15 is 0 Å². The minimum atomic E-state index is -0.604. The third-order valence-corrected chi connectivity index (χ3v) is 6.48. The van der Waals surface area contributed by atoms with Crippen LogP contribution >= 0.6 is 0 Å². The SMILES string of the molecule is CC[C@H](C)NC(=O)[C@@H](Cc1ccccc1)N(Cc1ccccc1C)C(=O)Cc1ccccc1C. The number of hydrogen-bond acceptors (Lipinski definition) is 2. The first-order chi connectivity index (χ1) is 16.4. The molecule has 0 unspecified atom stereocenters. The molecule has 34 heavy (non-hydrogen) atoms. The fourth-order valence-electron chi connectivity index (χ4n) is 4.04. The van der Waals surface area contributed by atoms with Crippen LogP contribution in [0.2, 0.25) is 0 Å². The maximum absolute atomic E-state index is 13.8. The van der Waals surface area contributed by atoms with Gasteiger partial charge in [0.2, 0.25) is 11.8 Å². The molecule has 4 heteroatoms. The van der Waals surface area contributed by atoms with E-state index in [2.05, 4.69) is 5.32 Å². The van der Waals surface area contributed by atoms with E-state index in [0.29, 0.717) is 13.0 Å². The molecule has 0 aliphatic heterocycles. The molecule has 4 nitrogen and oxygen atoms in total. The average molecular weight is 457 g/mol. The van der Waals surface area contributed by atoms with Crippen LogP contribution in [0.4, 0.5) is 0 Å². The molecule has 0 aliphatic rings. The molecule has 0 bridgehead atoms. The minimum Gasteiger partial charge on any atom is -0.352 e. The maximum Gasteiger partial charge on any atom is 0.243 e. The zero-order chi connectivity index (χ0) is 24.5. The summed E-state index contributed by atoms with van der Waals surface area (Å²) >= 11 is 0. The van der Waals surface area contributed by atoms with Gasteiger partial charge in [-0.1, -0.05) is 85.8 Å². The van der Waals surface area contributed by atoms with Gasteiger partial charge in [0.15, 0.2) is 0 Å². The Labute approximate surface area is 204 Å². The quantitative estimate of drug-likeness (QED) is 0.444. The Balaban J connectivity index is 2.00. The summed E-state index contributed by atoms with van der Waals surface area (Å²) in [7, 11) is 0. The van der Waals surface area contributed by atoms with Crippen molar-refractivity contribution in [2.75, 3.05) is 0 Å². The van der Waals surface area contributed by atoms with Gasteiger partial charge in [-0.3, -0.25) is 9.59 Å². The number of rotatable bonds is 10. The van der Waals surface area contributed by atoms with E-state index in [1.54, 1.807) is 4.90 Å². The summed E-state index contributed by atoms with van der Waals surface area (Å²) in [5.74, 6) is -0.150. The molecule has 0 saturated carbocycles. The van der Waals surface area contributed by atoms with Crippen molar-refractivity contribution in [3.63, 3.8) is 0 Å². The van der Waals surface area contributed by atoms with Gasteiger partial charge in [-0.15, -0.1) is 0 Å². The number of nitrogens with one attached hydrogen (secondary N) is 1. The monoisotopic (exact) mass is 456 g/mol. The normalized spacial score (nSPS) is 12.6. The Bertz CT molecular complexity index is 1090. The molecular formula is C30H36N2O2. The van der Waals surface area contributed by atoms with Crippen molar-refractivity contribution in [1.29, 1.82) is 0 Å². The van der Waals surface area contributed by atoms with Gasteiger partial charge in [0, 0.05) is 19.0 Å². The van der Waals surface area contributed by atoms with Crippen LogP contribution < -0.4 is 5.32 Å². The number of carbonyl (C=O) groups is 2. The predicted octanol–water partition coefficient (Wildman–Crippen LogP) is 5.40. The molecular weight excluding hydrogens is 420 g/mol. The molecule has 3 aromatic carbocycles. The van der Waals surface area contributed by atoms with E-state index in [1.807, 2.05) is 107 Å². The van der Waals surface area contributed by atoms with Crippen molar-refractivity contribution in [3.05, 3.63) is 107 Å². The number of hydrogen-bond donors (Lipinski definition) is 1. The number of nitrogens with zero attached hydrogens (tertiary/aromatic N) is 1. The van der Waals surface area contributed by atoms with Gasteiger partial charge in [-0.25, -0.2) is 0 Å². The number of carbonyl (C=O) groups excluding carboxylic acids is 2. The van der Waals surface area contributed by atoms with Crippen LogP contribution in [0.1, 0.15) is 48.1 Å². The molecule has 0 aliphatic carbocycles. The lowest BCUT2D eigenvalue weighted by Gasteiger charge is -2.33. The molecule has 0 heterocycles. The fraction of sp³-hybridized carbons (Fsp3) is 0.333. The highest BCUT2D eigenvalue weighted by Gasteiger charge is 2.31. The summed E-state index contributed by atoms with van der Waals surface area (Å²) in [6.07, 6.45) is 1.56. The Morgan fingerprint density at radius 2 is 1.38 bits per heavy atom. The second-order valence-electron chi connectivity index (χ2n) is 9.07. The van der Waals surface area contributed by atoms with Gasteiger partial charge < -0.3 is 10.2 Å². The van der Waals surface area contributed by atoms with Crippen molar-refractivity contribution in [1.82, 2.24) is 10.2 Å². The Hall–Kier alpha value is -3.40. The van der Waals surface area contributed by atoms with E-state index in [9.17, 15) is 9.59 Å². The summed E-state index contributed by atoms with van der Waals surface area (Å²) in [6.45, 7) is 8.50. The molecule has 0 aromatic heterocycles. The number of aryl methyl sites for hydroxylation is 2. The predicted molar refractivity (Wildman–Crippen MR) is 138 cm³/mol. The van der Waals surface area contributed by atoms with E-state index in [1.165, 1.54) is 0 Å². The third-order valence-electron chi connectivity index (χ3n) is 6.48. The maximum atomic E-state index is 13.8. The van der Waals surface area contributed by atoms with E-state index in [0.717, 1.165) is 34.2 Å². The van der Waals surface area contributed by atoms with Crippen molar-refractivity contribution in [2.24, 2.45) is 0 Å². The van der Waals surface area contributed by atoms with E-state index in [-0.39, 0.29) is 24.3 Å². The van der Waals surface area contributed by atoms with Crippen LogP contribution in [-0.4, -0.2) is 28.8 Å². The molecule has 3 aromatic rings. The van der Waals surface area contributed by atoms with Crippen LogP contribution in [0.5, 0.6) is 0 Å². The average Bonchev–Trinajstić information content (AvgIpc) is 2.84. The minimum absolute atomic E-state index is 0.0394. The van der Waals surface area contributed by atoms with Gasteiger partial charge >= 0.3 is 0 Å². The zero-order valence-corrected chi connectivity index (χ0v) is 20.8. The first-order valence-corrected chi connectivity index (χ1v) is 12.1. The lowest BCUT2D eigenvalue weighted by molar-refractivity contribution is -0.141. The fourth-order valence-corrected chi connectivity index (χ4v) is 4.04. The zero-order valence-electron chi connectivity index (χ0n) is 20.8. The molecule has 1 N–H and O–H groups in total. The lowest BCUT2D eigenvalue weighted by atomic mass is 9.99. The van der Waals surface area contributed by atoms with Crippen LogP contribution in [-0.2, 0) is 29.0 Å². The molecule has 0 radical (unpaired) electrons. The van der Waals surface area contributed by atoms with Gasteiger partial charge in [-0.05, 0) is 55.0 Å². The highest BCUT2D eigenvalue weighted by molar-refractivity contribution is 5.89. The standard InChI is InChI=1S/C30H36N2O2/c1-5-24(4)31-30(34)28(19-25-15-7-6-8-16-25)32(21-27-18-12-10-14-23(27)3)29(33)20-26-17-11-9-13-22(26)2/h6-18,24,28H,5,19-21H2,1-4H3,(H,31,34)/t24-,28+/m0/s1. The second kappa shape index (κ2) is 12.2. The molecule has 2 atom stereocenters. The summed E-state index contributed by atoms with van der Waals surface area (Å²) < 4.78 is 0. The highest BCUT2D eigenvalue weighted by atomic mass is 16.2. The summed E-state index contributed by atoms with van der Waals surface area (Å²) in [5.41, 5.74) is 5.26. The van der Waals surface area contributed by atoms with E-state index in [4.69, 9.17) is 0 Å². The first kappa shape index (κ1) is 25.2. The molecule has 0 saturated heterocycles. The number of amides is 2. The Morgan fingerprint density at radius 3 is 1.97 bits per heavy atom. The third kappa shape index (κ3) is 6.80. The van der Waals surface area contributed by atoms with Crippen molar-refractivity contribution < 1.29 is 9.59 Å². The lowest BCUT2D eigenvalue weighted by Crippen LogP contribution is -2.52. The molecule has 3 rings (SSSR count). The molecule has 0 spiro atoms. The van der Waals surface area contributed by atoms with Gasteiger partial charge in [0.1, 0.15) is 6.04 Å². The molecule has 2 amide bonds. The largest absolute Gasteiger partial charge is 0.352 e. The highest BCUT2D eigenvalue weighted by Crippen LogP contribution is 2.19. The van der Waals surface area contributed by atoms with Crippen LogP contribution in [0.15, 0.2) is 78.9 Å². The number of benzene rings is 3. The Kier molecular flexibility index (Phi) is 9.03. The smallest absolute Gasteiger partial charge is 0.243 e. The topological polar surface area (TPSA) is 49.4 Å². The van der Waals surface area contributed by atoms with E-state index < -0.39 is 6.04 Å². The summed E-state index contributed by atoms with van der Waals surface area (Å²) in [5, 5.41) is 3.13. The van der Waals surface area contributed by atoms with Crippen LogP contribution in [0, 0.1) is 13.8 Å². The molecule has 0 fully saturated rings. The summed E-state index contributed by atoms with van der Waals surface area (Å²) in [6, 6.07) is 25.4.